The molecule has 0 radical (unpaired) electrons. The number of rotatable bonds is 6. The molecule has 6 heteroatoms. The van der Waals surface area contributed by atoms with Crippen LogP contribution in [-0.2, 0) is 0 Å². The van der Waals surface area contributed by atoms with Gasteiger partial charge in [-0.15, -0.1) is 0 Å². The Morgan fingerprint density at radius 1 is 1.29 bits per heavy atom. The number of benzene rings is 1. The zero-order valence-electron chi connectivity index (χ0n) is 11.8. The molecule has 1 amide bonds. The van der Waals surface area contributed by atoms with Gasteiger partial charge in [0.05, 0.1) is 5.56 Å². The zero-order valence-corrected chi connectivity index (χ0v) is 12.5. The van der Waals surface area contributed by atoms with Crippen LogP contribution in [0, 0.1) is 0 Å². The Morgan fingerprint density at radius 2 is 2.05 bits per heavy atom. The molecule has 0 atom stereocenters. The fourth-order valence-electron chi connectivity index (χ4n) is 1.68. The van der Waals surface area contributed by atoms with E-state index < -0.39 is 0 Å². The summed E-state index contributed by atoms with van der Waals surface area (Å²) in [5, 5.41) is 6.41. The van der Waals surface area contributed by atoms with E-state index in [0.717, 1.165) is 19.4 Å². The average Bonchev–Trinajstić information content (AvgIpc) is 2.48. The molecule has 0 saturated heterocycles. The normalized spacial score (nSPS) is 10.2. The van der Waals surface area contributed by atoms with Crippen LogP contribution in [0.5, 0.6) is 0 Å². The summed E-state index contributed by atoms with van der Waals surface area (Å²) < 4.78 is 0. The van der Waals surface area contributed by atoms with Crippen molar-refractivity contribution in [2.45, 2.75) is 19.8 Å². The van der Waals surface area contributed by atoms with Gasteiger partial charge in [0.2, 0.25) is 5.95 Å². The lowest BCUT2D eigenvalue weighted by Crippen LogP contribution is -2.13. The molecule has 2 aromatic rings. The molecule has 0 fully saturated rings. The van der Waals surface area contributed by atoms with Gasteiger partial charge in [0.15, 0.2) is 0 Å². The largest absolute Gasteiger partial charge is 0.354 e. The van der Waals surface area contributed by atoms with Crippen LogP contribution in [0.15, 0.2) is 36.7 Å². The number of aromatic nitrogens is 2. The highest BCUT2D eigenvalue weighted by molar-refractivity contribution is 6.30. The Hall–Kier alpha value is -2.14. The number of nitrogens with one attached hydrogen (secondary N) is 2. The van der Waals surface area contributed by atoms with E-state index in [1.807, 2.05) is 0 Å². The van der Waals surface area contributed by atoms with E-state index in [-0.39, 0.29) is 5.91 Å². The van der Waals surface area contributed by atoms with Crippen LogP contribution < -0.4 is 10.6 Å². The van der Waals surface area contributed by atoms with Crippen LogP contribution in [0.1, 0.15) is 30.1 Å². The van der Waals surface area contributed by atoms with E-state index >= 15 is 0 Å². The maximum absolute atomic E-state index is 12.0. The smallest absolute Gasteiger partial charge is 0.258 e. The number of hydrogen-bond acceptors (Lipinski definition) is 4. The van der Waals surface area contributed by atoms with Crippen molar-refractivity contribution in [3.63, 3.8) is 0 Å². The molecule has 0 spiro atoms. The highest BCUT2D eigenvalue weighted by atomic mass is 35.5. The van der Waals surface area contributed by atoms with Gasteiger partial charge in [-0.2, -0.15) is 0 Å². The minimum absolute atomic E-state index is 0.266. The molecule has 0 aliphatic heterocycles. The Kier molecular flexibility index (Phi) is 5.51. The average molecular weight is 305 g/mol. The molecule has 1 aromatic carbocycles. The van der Waals surface area contributed by atoms with Gasteiger partial charge < -0.3 is 10.6 Å². The standard InChI is InChI=1S/C15H17ClN4O/c1-2-3-7-17-15-18-9-11(10-19-15)14(21)20-13-6-4-5-12(16)8-13/h4-6,8-10H,2-3,7H2,1H3,(H,20,21)(H,17,18,19). The Bertz CT molecular complexity index is 601. The number of unbranched alkanes of at least 4 members (excludes halogenated alkanes) is 1. The molecule has 0 unspecified atom stereocenters. The molecule has 1 heterocycles. The van der Waals surface area contributed by atoms with Crippen molar-refractivity contribution in [2.75, 3.05) is 17.2 Å². The highest BCUT2D eigenvalue weighted by Gasteiger charge is 2.07. The molecule has 2 rings (SSSR count). The van der Waals surface area contributed by atoms with Crippen LogP contribution in [-0.4, -0.2) is 22.4 Å². The van der Waals surface area contributed by atoms with Crippen LogP contribution in [0.2, 0.25) is 5.02 Å². The predicted octanol–water partition coefficient (Wildman–Crippen LogP) is 3.59. The molecule has 0 aliphatic rings. The number of anilines is 2. The second-order valence-corrected chi connectivity index (χ2v) is 4.98. The predicted molar refractivity (Wildman–Crippen MR) is 84.8 cm³/mol. The maximum Gasteiger partial charge on any atom is 0.258 e. The van der Waals surface area contributed by atoms with Gasteiger partial charge in [-0.05, 0) is 24.6 Å². The molecule has 1 aromatic heterocycles. The van der Waals surface area contributed by atoms with Crippen molar-refractivity contribution in [1.82, 2.24) is 9.97 Å². The quantitative estimate of drug-likeness (QED) is 0.800. The van der Waals surface area contributed by atoms with Gasteiger partial charge in [-0.25, -0.2) is 9.97 Å². The number of hydrogen-bond donors (Lipinski definition) is 2. The van der Waals surface area contributed by atoms with Crippen LogP contribution in [0.25, 0.3) is 0 Å². The summed E-state index contributed by atoms with van der Waals surface area (Å²) in [6.07, 6.45) is 5.16. The summed E-state index contributed by atoms with van der Waals surface area (Å²) >= 11 is 5.87. The number of carbonyl (C=O) groups excluding carboxylic acids is 1. The van der Waals surface area contributed by atoms with Crippen molar-refractivity contribution in [3.8, 4) is 0 Å². The Balaban J connectivity index is 1.96. The SMILES string of the molecule is CCCCNc1ncc(C(=O)Nc2cccc(Cl)c2)cn1. The molecule has 0 saturated carbocycles. The van der Waals surface area contributed by atoms with Crippen molar-refractivity contribution in [2.24, 2.45) is 0 Å². The molecule has 110 valence electrons. The van der Waals surface area contributed by atoms with E-state index in [2.05, 4.69) is 27.5 Å². The zero-order chi connectivity index (χ0) is 15.1. The number of carbonyl (C=O) groups is 1. The monoisotopic (exact) mass is 304 g/mol. The summed E-state index contributed by atoms with van der Waals surface area (Å²) in [6, 6.07) is 6.97. The molecule has 21 heavy (non-hydrogen) atoms. The molecule has 2 N–H and O–H groups in total. The van der Waals surface area contributed by atoms with Gasteiger partial charge in [0.1, 0.15) is 0 Å². The van der Waals surface area contributed by atoms with Crippen LogP contribution in [0.4, 0.5) is 11.6 Å². The van der Waals surface area contributed by atoms with Crippen molar-refractivity contribution in [1.29, 1.82) is 0 Å². The second-order valence-electron chi connectivity index (χ2n) is 4.54. The van der Waals surface area contributed by atoms with Crippen molar-refractivity contribution >= 4 is 29.1 Å². The second kappa shape index (κ2) is 7.59. The van der Waals surface area contributed by atoms with E-state index in [4.69, 9.17) is 11.6 Å². The van der Waals surface area contributed by atoms with Gasteiger partial charge in [-0.1, -0.05) is 31.0 Å². The number of amides is 1. The van der Waals surface area contributed by atoms with Crippen molar-refractivity contribution in [3.05, 3.63) is 47.2 Å². The van der Waals surface area contributed by atoms with E-state index in [0.29, 0.717) is 22.2 Å². The Labute approximate surface area is 128 Å². The number of nitrogens with zero attached hydrogens (tertiary/aromatic N) is 2. The third kappa shape index (κ3) is 4.72. The first kappa shape index (κ1) is 15.3. The summed E-state index contributed by atoms with van der Waals surface area (Å²) in [4.78, 5) is 20.3. The van der Waals surface area contributed by atoms with Gasteiger partial charge in [0, 0.05) is 29.6 Å². The van der Waals surface area contributed by atoms with Crippen LogP contribution >= 0.6 is 11.6 Å². The first-order chi connectivity index (χ1) is 10.2. The van der Waals surface area contributed by atoms with E-state index in [9.17, 15) is 4.79 Å². The maximum atomic E-state index is 12.0. The first-order valence-corrected chi connectivity index (χ1v) is 7.19. The van der Waals surface area contributed by atoms with Crippen LogP contribution in [0.3, 0.4) is 0 Å². The third-order valence-corrected chi connectivity index (χ3v) is 3.05. The van der Waals surface area contributed by atoms with Crippen molar-refractivity contribution < 1.29 is 4.79 Å². The lowest BCUT2D eigenvalue weighted by Gasteiger charge is -2.06. The lowest BCUT2D eigenvalue weighted by atomic mass is 10.3. The fraction of sp³-hybridized carbons (Fsp3) is 0.267. The van der Waals surface area contributed by atoms with Gasteiger partial charge >= 0.3 is 0 Å². The molecular weight excluding hydrogens is 288 g/mol. The molecule has 0 aliphatic carbocycles. The minimum atomic E-state index is -0.266. The summed E-state index contributed by atoms with van der Waals surface area (Å²) in [5.74, 6) is 0.264. The summed E-state index contributed by atoms with van der Waals surface area (Å²) in [5.41, 5.74) is 1.04. The summed E-state index contributed by atoms with van der Waals surface area (Å²) in [6.45, 7) is 2.94. The third-order valence-electron chi connectivity index (χ3n) is 2.81. The van der Waals surface area contributed by atoms with E-state index in [1.165, 1.54) is 12.4 Å². The molecule has 0 bridgehead atoms. The highest BCUT2D eigenvalue weighted by Crippen LogP contribution is 2.15. The Morgan fingerprint density at radius 3 is 2.71 bits per heavy atom. The van der Waals surface area contributed by atoms with Gasteiger partial charge in [-0.3, -0.25) is 4.79 Å². The van der Waals surface area contributed by atoms with Gasteiger partial charge in [0.25, 0.3) is 5.91 Å². The van der Waals surface area contributed by atoms with E-state index in [1.54, 1.807) is 24.3 Å². The fourth-order valence-corrected chi connectivity index (χ4v) is 1.87. The molecule has 5 nitrogen and oxygen atoms in total. The first-order valence-electron chi connectivity index (χ1n) is 6.82. The molecular formula is C15H17ClN4O. The minimum Gasteiger partial charge on any atom is -0.354 e. The number of halogens is 1. The topological polar surface area (TPSA) is 66.9 Å². The lowest BCUT2D eigenvalue weighted by molar-refractivity contribution is 0.102. The summed E-state index contributed by atoms with van der Waals surface area (Å²) in [7, 11) is 0.